The summed E-state index contributed by atoms with van der Waals surface area (Å²) in [4.78, 5) is 24.6. The lowest BCUT2D eigenvalue weighted by Crippen LogP contribution is -2.54. The van der Waals surface area contributed by atoms with E-state index in [1.165, 1.54) is 24.3 Å². The first-order chi connectivity index (χ1) is 14.0. The third-order valence-electron chi connectivity index (χ3n) is 4.89. The Balaban J connectivity index is 1.74. The van der Waals surface area contributed by atoms with Crippen LogP contribution in [0.4, 0.5) is 4.39 Å². The summed E-state index contributed by atoms with van der Waals surface area (Å²) in [6.07, 6.45) is 5.17. The van der Waals surface area contributed by atoms with Gasteiger partial charge < -0.3 is 14.5 Å². The highest BCUT2D eigenvalue weighted by atomic mass is 35.5. The van der Waals surface area contributed by atoms with Gasteiger partial charge in [0.15, 0.2) is 5.84 Å². The molecule has 1 fully saturated rings. The van der Waals surface area contributed by atoms with Crippen molar-refractivity contribution in [2.75, 3.05) is 13.2 Å². The first-order valence-corrected chi connectivity index (χ1v) is 9.72. The molecule has 150 valence electrons. The van der Waals surface area contributed by atoms with Crippen molar-refractivity contribution in [1.29, 1.82) is 0 Å². The number of pyridine rings is 1. The van der Waals surface area contributed by atoms with E-state index < -0.39 is 17.5 Å². The summed E-state index contributed by atoms with van der Waals surface area (Å²) < 4.78 is 18.8. The summed E-state index contributed by atoms with van der Waals surface area (Å²) >= 11 is 5.86. The molecule has 1 atom stereocenters. The van der Waals surface area contributed by atoms with Crippen LogP contribution in [0.25, 0.3) is 6.08 Å². The lowest BCUT2D eigenvalue weighted by molar-refractivity contribution is -0.189. The topological polar surface area (TPSA) is 64.0 Å². The maximum atomic E-state index is 13.5. The number of benzene rings is 1. The van der Waals surface area contributed by atoms with Crippen LogP contribution in [-0.4, -0.2) is 34.8 Å². The van der Waals surface area contributed by atoms with Crippen LogP contribution in [0.1, 0.15) is 30.9 Å². The molecule has 0 N–H and O–H groups in total. The molecule has 2 aliphatic heterocycles. The minimum atomic E-state index is -1.57. The van der Waals surface area contributed by atoms with E-state index in [1.807, 2.05) is 12.1 Å². The largest absolute Gasteiger partial charge is 0.461 e. The number of aromatic nitrogens is 1. The average molecular weight is 416 g/mol. The van der Waals surface area contributed by atoms with E-state index in [9.17, 15) is 9.18 Å². The van der Waals surface area contributed by atoms with Crippen LogP contribution in [0.15, 0.2) is 53.3 Å². The number of hydrogen-bond donors (Lipinski definition) is 0. The fourth-order valence-electron chi connectivity index (χ4n) is 3.58. The summed E-state index contributed by atoms with van der Waals surface area (Å²) in [6, 6.07) is 9.19. The van der Waals surface area contributed by atoms with Gasteiger partial charge in [0.1, 0.15) is 11.0 Å². The second-order valence-corrected chi connectivity index (χ2v) is 7.10. The van der Waals surface area contributed by atoms with Crippen molar-refractivity contribution in [2.24, 2.45) is 5.16 Å². The van der Waals surface area contributed by atoms with E-state index in [4.69, 9.17) is 21.2 Å². The second-order valence-electron chi connectivity index (χ2n) is 6.72. The van der Waals surface area contributed by atoms with Crippen molar-refractivity contribution < 1.29 is 18.8 Å². The molecule has 1 aromatic heterocycles. The van der Waals surface area contributed by atoms with E-state index >= 15 is 0 Å². The SMILES string of the molecule is CCOC(=O)C1(c2ccc(F)cc2)ON=C2/C(=C/c3ccc(Cl)nc3)CCCN21. The van der Waals surface area contributed by atoms with Gasteiger partial charge in [-0.25, -0.2) is 14.2 Å². The zero-order valence-electron chi connectivity index (χ0n) is 15.8. The highest BCUT2D eigenvalue weighted by Crippen LogP contribution is 2.41. The highest BCUT2D eigenvalue weighted by Gasteiger charge is 2.56. The zero-order valence-corrected chi connectivity index (χ0v) is 16.5. The van der Waals surface area contributed by atoms with E-state index in [-0.39, 0.29) is 6.61 Å². The molecule has 6 nitrogen and oxygen atoms in total. The monoisotopic (exact) mass is 415 g/mol. The molecule has 8 heteroatoms. The minimum Gasteiger partial charge on any atom is -0.461 e. The average Bonchev–Trinajstić information content (AvgIpc) is 3.12. The zero-order chi connectivity index (χ0) is 20.4. The number of oxime groups is 1. The number of ether oxygens (including phenoxy) is 1. The Bertz CT molecular complexity index is 976. The van der Waals surface area contributed by atoms with Gasteiger partial charge in [-0.3, -0.25) is 0 Å². The number of carbonyl (C=O) groups is 1. The fourth-order valence-corrected chi connectivity index (χ4v) is 3.69. The van der Waals surface area contributed by atoms with Gasteiger partial charge in [0.2, 0.25) is 0 Å². The van der Waals surface area contributed by atoms with Gasteiger partial charge in [0.05, 0.1) is 6.61 Å². The number of carbonyl (C=O) groups excluding carboxylic acids is 1. The smallest absolute Gasteiger partial charge is 0.380 e. The first kappa shape index (κ1) is 19.4. The molecular weight excluding hydrogens is 397 g/mol. The van der Waals surface area contributed by atoms with Gasteiger partial charge >= 0.3 is 11.7 Å². The molecule has 1 aromatic carbocycles. The minimum absolute atomic E-state index is 0.188. The first-order valence-electron chi connectivity index (χ1n) is 9.34. The Labute approximate surface area is 172 Å². The number of piperidine rings is 1. The molecule has 2 aromatic rings. The van der Waals surface area contributed by atoms with Crippen molar-refractivity contribution in [3.63, 3.8) is 0 Å². The molecule has 0 amide bonds. The molecule has 0 radical (unpaired) electrons. The summed E-state index contributed by atoms with van der Waals surface area (Å²) in [5.41, 5.74) is 0.667. The maximum absolute atomic E-state index is 13.5. The Morgan fingerprint density at radius 1 is 1.34 bits per heavy atom. The molecule has 29 heavy (non-hydrogen) atoms. The molecule has 2 aliphatic rings. The second kappa shape index (κ2) is 7.83. The van der Waals surface area contributed by atoms with E-state index in [1.54, 1.807) is 24.1 Å². The Morgan fingerprint density at radius 3 is 2.83 bits per heavy atom. The lowest BCUT2D eigenvalue weighted by Gasteiger charge is -2.37. The van der Waals surface area contributed by atoms with Crippen molar-refractivity contribution >= 4 is 29.5 Å². The van der Waals surface area contributed by atoms with Crippen LogP contribution in [0.3, 0.4) is 0 Å². The predicted molar refractivity (Wildman–Crippen MR) is 106 cm³/mol. The molecule has 4 rings (SSSR count). The number of esters is 1. The van der Waals surface area contributed by atoms with E-state index in [0.29, 0.717) is 23.1 Å². The van der Waals surface area contributed by atoms with Gasteiger partial charge in [-0.2, -0.15) is 0 Å². The number of halogens is 2. The fraction of sp³-hybridized carbons (Fsp3) is 0.286. The Morgan fingerprint density at radius 2 is 2.14 bits per heavy atom. The number of amidine groups is 1. The predicted octanol–water partition coefficient (Wildman–Crippen LogP) is 4.11. The van der Waals surface area contributed by atoms with Crippen molar-refractivity contribution in [3.05, 3.63) is 70.3 Å². The summed E-state index contributed by atoms with van der Waals surface area (Å²) in [7, 11) is 0. The number of fused-ring (bicyclic) bond motifs is 1. The molecule has 0 saturated carbocycles. The number of nitrogens with zero attached hydrogens (tertiary/aromatic N) is 3. The summed E-state index contributed by atoms with van der Waals surface area (Å²) in [5, 5.41) is 4.66. The van der Waals surface area contributed by atoms with E-state index in [0.717, 1.165) is 24.0 Å². The summed E-state index contributed by atoms with van der Waals surface area (Å²) in [5.74, 6) is -0.426. The van der Waals surface area contributed by atoms with Crippen molar-refractivity contribution in [2.45, 2.75) is 25.5 Å². The highest BCUT2D eigenvalue weighted by molar-refractivity contribution is 6.29. The van der Waals surface area contributed by atoms with Gasteiger partial charge in [-0.05, 0) is 67.3 Å². The van der Waals surface area contributed by atoms with Crippen LogP contribution in [0.5, 0.6) is 0 Å². The third-order valence-corrected chi connectivity index (χ3v) is 5.12. The molecule has 0 spiro atoms. The van der Waals surface area contributed by atoms with Crippen molar-refractivity contribution in [1.82, 2.24) is 9.88 Å². The molecule has 1 unspecified atom stereocenters. The Kier molecular flexibility index (Phi) is 5.24. The third kappa shape index (κ3) is 3.46. The molecular formula is C21H19ClFN3O3. The van der Waals surface area contributed by atoms with E-state index in [2.05, 4.69) is 10.1 Å². The number of hydrogen-bond acceptors (Lipinski definition) is 6. The van der Waals surface area contributed by atoms with Crippen LogP contribution < -0.4 is 0 Å². The van der Waals surface area contributed by atoms with Gasteiger partial charge in [0, 0.05) is 18.3 Å². The van der Waals surface area contributed by atoms with Gasteiger partial charge in [-0.1, -0.05) is 22.8 Å². The van der Waals surface area contributed by atoms with Crippen LogP contribution >= 0.6 is 11.6 Å². The molecule has 3 heterocycles. The molecule has 0 bridgehead atoms. The normalized spacial score (nSPS) is 22.1. The van der Waals surface area contributed by atoms with Crippen LogP contribution in [0, 0.1) is 5.82 Å². The maximum Gasteiger partial charge on any atom is 0.380 e. The lowest BCUT2D eigenvalue weighted by atomic mass is 9.94. The van der Waals surface area contributed by atoms with Gasteiger partial charge in [-0.15, -0.1) is 0 Å². The van der Waals surface area contributed by atoms with Crippen LogP contribution in [-0.2, 0) is 20.1 Å². The number of rotatable bonds is 4. The van der Waals surface area contributed by atoms with Gasteiger partial charge in [0.25, 0.3) is 0 Å². The molecule has 1 saturated heterocycles. The summed E-state index contributed by atoms with van der Waals surface area (Å²) in [6.45, 7) is 2.46. The molecule has 0 aliphatic carbocycles. The quantitative estimate of drug-likeness (QED) is 0.555. The standard InChI is InChI=1S/C21H19ClFN3O3/c1-2-28-20(27)21(16-6-8-17(23)9-7-16)26-11-3-4-15(19(26)25-29-21)12-14-5-10-18(22)24-13-14/h5-10,12-13H,2-4,11H2,1H3/b15-12+. The van der Waals surface area contributed by atoms with Crippen molar-refractivity contribution in [3.8, 4) is 0 Å². The van der Waals surface area contributed by atoms with Crippen LogP contribution in [0.2, 0.25) is 5.15 Å². The Hall–Kier alpha value is -2.93.